The molecule has 4 rings (SSSR count). The van der Waals surface area contributed by atoms with E-state index in [1.807, 2.05) is 29.2 Å². The summed E-state index contributed by atoms with van der Waals surface area (Å²) >= 11 is 0. The summed E-state index contributed by atoms with van der Waals surface area (Å²) in [6, 6.07) is 7.88. The normalized spacial score (nSPS) is 29.1. The second kappa shape index (κ2) is 7.27. The second-order valence-corrected chi connectivity index (χ2v) is 7.55. The molecule has 0 bridgehead atoms. The Morgan fingerprint density at radius 2 is 1.88 bits per heavy atom. The van der Waals surface area contributed by atoms with Crippen LogP contribution in [0.15, 0.2) is 24.3 Å². The highest BCUT2D eigenvalue weighted by Gasteiger charge is 2.41. The number of fused-ring (bicyclic) bond motifs is 1. The van der Waals surface area contributed by atoms with Crippen LogP contribution in [0.25, 0.3) is 0 Å². The third kappa shape index (κ3) is 3.30. The zero-order chi connectivity index (χ0) is 18.1. The number of rotatable bonds is 3. The maximum Gasteiger partial charge on any atom is 0.309 e. The maximum atomic E-state index is 12.9. The summed E-state index contributed by atoms with van der Waals surface area (Å²) in [5.41, 5.74) is 1.09. The quantitative estimate of drug-likeness (QED) is 0.893. The van der Waals surface area contributed by atoms with Gasteiger partial charge in [0.1, 0.15) is 12.4 Å². The zero-order valence-corrected chi connectivity index (χ0v) is 14.8. The number of hydrogen-bond acceptors (Lipinski definition) is 4. The van der Waals surface area contributed by atoms with Gasteiger partial charge in [-0.1, -0.05) is 18.2 Å². The molecule has 1 amide bonds. The number of hydrogen-bond donors (Lipinski definition) is 1. The van der Waals surface area contributed by atoms with Gasteiger partial charge in [0.25, 0.3) is 0 Å². The van der Waals surface area contributed by atoms with Crippen LogP contribution in [0, 0.1) is 17.8 Å². The third-order valence-electron chi connectivity index (χ3n) is 6.00. The molecule has 3 aliphatic rings. The molecule has 0 saturated carbocycles. The van der Waals surface area contributed by atoms with Crippen LogP contribution < -0.4 is 4.74 Å². The van der Waals surface area contributed by atoms with Gasteiger partial charge < -0.3 is 19.5 Å². The largest absolute Gasteiger partial charge is 0.492 e. The van der Waals surface area contributed by atoms with Crippen molar-refractivity contribution in [3.8, 4) is 5.75 Å². The molecular weight excluding hydrogens is 334 g/mol. The molecule has 3 atom stereocenters. The van der Waals surface area contributed by atoms with Crippen molar-refractivity contribution < 1.29 is 24.2 Å². The maximum absolute atomic E-state index is 12.9. The minimum absolute atomic E-state index is 0.129. The molecule has 26 heavy (non-hydrogen) atoms. The molecule has 6 nitrogen and oxygen atoms in total. The smallest absolute Gasteiger partial charge is 0.309 e. The first-order chi connectivity index (χ1) is 12.6. The van der Waals surface area contributed by atoms with E-state index in [2.05, 4.69) is 0 Å². The minimum Gasteiger partial charge on any atom is -0.492 e. The number of nitrogens with zero attached hydrogens (tertiary/aromatic N) is 1. The van der Waals surface area contributed by atoms with Gasteiger partial charge >= 0.3 is 5.97 Å². The van der Waals surface area contributed by atoms with E-state index < -0.39 is 11.9 Å². The van der Waals surface area contributed by atoms with Gasteiger partial charge in [-0.15, -0.1) is 0 Å². The topological polar surface area (TPSA) is 76.1 Å². The van der Waals surface area contributed by atoms with Crippen LogP contribution in [0.1, 0.15) is 24.8 Å². The van der Waals surface area contributed by atoms with Crippen molar-refractivity contribution in [2.75, 3.05) is 26.3 Å². The standard InChI is InChI=1S/C20H25NO5/c22-19(15-11-14-3-1-2-4-17(14)26-12-15)21-8-5-13(6-9-21)18-16(20(23)24)7-10-25-18/h1-4,13,15-16,18H,5-12H2,(H,23,24)/t15?,16?,18-/m0/s1. The monoisotopic (exact) mass is 359 g/mol. The lowest BCUT2D eigenvalue weighted by molar-refractivity contribution is -0.146. The van der Waals surface area contributed by atoms with Gasteiger partial charge in [0, 0.05) is 19.7 Å². The van der Waals surface area contributed by atoms with Crippen LogP contribution in [-0.4, -0.2) is 54.3 Å². The molecule has 2 unspecified atom stereocenters. The number of amides is 1. The van der Waals surface area contributed by atoms with Gasteiger partial charge in [-0.2, -0.15) is 0 Å². The summed E-state index contributed by atoms with van der Waals surface area (Å²) in [6.07, 6.45) is 2.74. The molecular formula is C20H25NO5. The molecule has 2 fully saturated rings. The van der Waals surface area contributed by atoms with Crippen molar-refractivity contribution in [2.24, 2.45) is 17.8 Å². The Labute approximate surface area is 153 Å². The first-order valence-corrected chi connectivity index (χ1v) is 9.47. The average molecular weight is 359 g/mol. The molecule has 140 valence electrons. The summed E-state index contributed by atoms with van der Waals surface area (Å²) < 4.78 is 11.5. The molecule has 3 heterocycles. The molecule has 0 radical (unpaired) electrons. The van der Waals surface area contributed by atoms with E-state index in [0.717, 1.165) is 30.6 Å². The summed E-state index contributed by atoms with van der Waals surface area (Å²) in [4.78, 5) is 26.2. The van der Waals surface area contributed by atoms with Gasteiger partial charge in [0.2, 0.25) is 5.91 Å². The first-order valence-electron chi connectivity index (χ1n) is 9.47. The molecule has 6 heteroatoms. The van der Waals surface area contributed by atoms with E-state index in [1.54, 1.807) is 0 Å². The van der Waals surface area contributed by atoms with Crippen LogP contribution in [0.3, 0.4) is 0 Å². The fourth-order valence-corrected chi connectivity index (χ4v) is 4.53. The predicted octanol–water partition coefficient (Wildman–Crippen LogP) is 1.97. The lowest BCUT2D eigenvalue weighted by Crippen LogP contribution is -2.47. The number of carboxylic acids is 1. The summed E-state index contributed by atoms with van der Waals surface area (Å²) in [5, 5.41) is 9.35. The first kappa shape index (κ1) is 17.3. The second-order valence-electron chi connectivity index (χ2n) is 7.55. The fourth-order valence-electron chi connectivity index (χ4n) is 4.53. The Morgan fingerprint density at radius 3 is 2.65 bits per heavy atom. The molecule has 3 aliphatic heterocycles. The van der Waals surface area contributed by atoms with Crippen molar-refractivity contribution in [1.29, 1.82) is 0 Å². The molecule has 0 spiro atoms. The van der Waals surface area contributed by atoms with E-state index >= 15 is 0 Å². The number of carbonyl (C=O) groups is 2. The lowest BCUT2D eigenvalue weighted by Gasteiger charge is -2.37. The molecule has 0 aliphatic carbocycles. The summed E-state index contributed by atoms with van der Waals surface area (Å²) in [7, 11) is 0. The number of carbonyl (C=O) groups excluding carboxylic acids is 1. The van der Waals surface area contributed by atoms with Crippen LogP contribution in [0.2, 0.25) is 0 Å². The highest BCUT2D eigenvalue weighted by molar-refractivity contribution is 5.80. The number of aliphatic carboxylic acids is 1. The number of benzene rings is 1. The van der Waals surface area contributed by atoms with Crippen molar-refractivity contribution in [3.63, 3.8) is 0 Å². The minimum atomic E-state index is -0.760. The SMILES string of the molecule is O=C(O)C1CCO[C@H]1C1CCN(C(=O)C2COc3ccccc3C2)CC1. The van der Waals surface area contributed by atoms with E-state index in [-0.39, 0.29) is 23.8 Å². The van der Waals surface area contributed by atoms with Gasteiger partial charge in [-0.3, -0.25) is 9.59 Å². The molecule has 1 N–H and O–H groups in total. The van der Waals surface area contributed by atoms with Crippen LogP contribution in [0.4, 0.5) is 0 Å². The van der Waals surface area contributed by atoms with E-state index in [4.69, 9.17) is 9.47 Å². The fraction of sp³-hybridized carbons (Fsp3) is 0.600. The van der Waals surface area contributed by atoms with Crippen molar-refractivity contribution in [3.05, 3.63) is 29.8 Å². The Balaban J connectivity index is 1.34. The van der Waals surface area contributed by atoms with E-state index in [0.29, 0.717) is 32.7 Å². The summed E-state index contributed by atoms with van der Waals surface area (Å²) in [6.45, 7) is 2.31. The van der Waals surface area contributed by atoms with Crippen molar-refractivity contribution in [2.45, 2.75) is 31.8 Å². The highest BCUT2D eigenvalue weighted by atomic mass is 16.5. The highest BCUT2D eigenvalue weighted by Crippen LogP contribution is 2.34. The van der Waals surface area contributed by atoms with Crippen molar-refractivity contribution in [1.82, 2.24) is 4.90 Å². The van der Waals surface area contributed by atoms with Crippen LogP contribution in [-0.2, 0) is 20.7 Å². The predicted molar refractivity (Wildman–Crippen MR) is 93.9 cm³/mol. The van der Waals surface area contributed by atoms with Crippen LogP contribution in [0.5, 0.6) is 5.75 Å². The number of likely N-dealkylation sites (tertiary alicyclic amines) is 1. The van der Waals surface area contributed by atoms with Gasteiger partial charge in [-0.05, 0) is 43.2 Å². The molecule has 2 saturated heterocycles. The van der Waals surface area contributed by atoms with E-state index in [9.17, 15) is 14.7 Å². The molecule has 1 aromatic carbocycles. The Bertz CT molecular complexity index is 683. The van der Waals surface area contributed by atoms with Gasteiger partial charge in [-0.25, -0.2) is 0 Å². The number of para-hydroxylation sites is 1. The number of ether oxygens (including phenoxy) is 2. The van der Waals surface area contributed by atoms with Gasteiger partial charge in [0.05, 0.1) is 17.9 Å². The zero-order valence-electron chi connectivity index (χ0n) is 14.8. The summed E-state index contributed by atoms with van der Waals surface area (Å²) in [5.74, 6) is -0.0233. The molecule has 1 aromatic rings. The van der Waals surface area contributed by atoms with Crippen molar-refractivity contribution >= 4 is 11.9 Å². The lowest BCUT2D eigenvalue weighted by atomic mass is 9.84. The Hall–Kier alpha value is -2.08. The molecule has 0 aromatic heterocycles. The van der Waals surface area contributed by atoms with E-state index in [1.165, 1.54) is 0 Å². The average Bonchev–Trinajstić information content (AvgIpc) is 3.17. The Morgan fingerprint density at radius 1 is 1.12 bits per heavy atom. The number of piperidine rings is 1. The number of carboxylic acid groups (broad SMARTS) is 1. The Kier molecular flexibility index (Phi) is 4.85. The van der Waals surface area contributed by atoms with Gasteiger partial charge in [0.15, 0.2) is 0 Å². The van der Waals surface area contributed by atoms with Crippen LogP contribution >= 0.6 is 0 Å². The third-order valence-corrected chi connectivity index (χ3v) is 6.00.